The zero-order chi connectivity index (χ0) is 16.6. The van der Waals surface area contributed by atoms with E-state index in [-0.39, 0.29) is 11.8 Å². The van der Waals surface area contributed by atoms with Gasteiger partial charge < -0.3 is 24.9 Å². The van der Waals surface area contributed by atoms with E-state index in [2.05, 4.69) is 9.88 Å². The zero-order valence-electron chi connectivity index (χ0n) is 12.8. The van der Waals surface area contributed by atoms with Gasteiger partial charge in [-0.15, -0.1) is 0 Å². The number of nitrogens with zero attached hydrogens (tertiary/aromatic N) is 5. The summed E-state index contributed by atoms with van der Waals surface area (Å²) in [4.78, 5) is 28.5. The first-order valence-corrected chi connectivity index (χ1v) is 7.47. The van der Waals surface area contributed by atoms with Crippen LogP contribution in [-0.2, 0) is 6.54 Å². The molecule has 3 rings (SSSR count). The van der Waals surface area contributed by atoms with Gasteiger partial charge in [0.15, 0.2) is 0 Å². The van der Waals surface area contributed by atoms with Crippen LogP contribution in [0.2, 0.25) is 0 Å². The predicted molar refractivity (Wildman–Crippen MR) is 78.6 cm³/mol. The van der Waals surface area contributed by atoms with Crippen LogP contribution in [0, 0.1) is 10.1 Å². The average Bonchev–Trinajstić information content (AvgIpc) is 3.01. The summed E-state index contributed by atoms with van der Waals surface area (Å²) in [7, 11) is 0. The normalized spacial score (nSPS) is 24.3. The first-order valence-electron chi connectivity index (χ1n) is 7.47. The number of nitro groups is 1. The number of piperazine rings is 1. The fourth-order valence-corrected chi connectivity index (χ4v) is 2.97. The molecule has 0 radical (unpaired) electrons. The van der Waals surface area contributed by atoms with Crippen molar-refractivity contribution in [3.05, 3.63) is 16.3 Å². The highest BCUT2D eigenvalue weighted by molar-refractivity contribution is 5.65. The fraction of sp³-hybridized carbons (Fsp3) is 0.692. The summed E-state index contributed by atoms with van der Waals surface area (Å²) in [5.41, 5.74) is -0.443. The van der Waals surface area contributed by atoms with Crippen molar-refractivity contribution in [2.45, 2.75) is 25.5 Å². The molecular weight excluding hydrogens is 306 g/mol. The Bertz CT molecular complexity index is 599. The molecule has 0 bridgehead atoms. The van der Waals surface area contributed by atoms with Gasteiger partial charge >= 0.3 is 17.9 Å². The zero-order valence-corrected chi connectivity index (χ0v) is 12.8. The fourth-order valence-electron chi connectivity index (χ4n) is 2.97. The van der Waals surface area contributed by atoms with Gasteiger partial charge in [-0.2, -0.15) is 0 Å². The summed E-state index contributed by atoms with van der Waals surface area (Å²) in [5.74, 6) is -0.202. The van der Waals surface area contributed by atoms with Crippen LogP contribution in [-0.4, -0.2) is 73.8 Å². The second-order valence-corrected chi connectivity index (χ2v) is 6.18. The van der Waals surface area contributed by atoms with E-state index in [1.54, 1.807) is 4.57 Å². The van der Waals surface area contributed by atoms with Gasteiger partial charge in [-0.3, -0.25) is 9.47 Å². The van der Waals surface area contributed by atoms with E-state index in [0.29, 0.717) is 32.7 Å². The van der Waals surface area contributed by atoms with Gasteiger partial charge in [0.1, 0.15) is 11.8 Å². The van der Waals surface area contributed by atoms with Crippen LogP contribution in [0.5, 0.6) is 6.01 Å². The first-order chi connectivity index (χ1) is 10.9. The third-order valence-corrected chi connectivity index (χ3v) is 4.36. The maximum atomic E-state index is 10.9. The summed E-state index contributed by atoms with van der Waals surface area (Å²) in [6, 6.07) is 0.287. The summed E-state index contributed by atoms with van der Waals surface area (Å²) in [6.45, 7) is 5.72. The van der Waals surface area contributed by atoms with E-state index in [4.69, 9.17) is 9.84 Å². The molecule has 0 aromatic carbocycles. The van der Waals surface area contributed by atoms with Gasteiger partial charge in [-0.1, -0.05) is 0 Å². The highest BCUT2D eigenvalue weighted by Crippen LogP contribution is 2.33. The van der Waals surface area contributed by atoms with Crippen molar-refractivity contribution in [3.63, 3.8) is 0 Å². The Labute approximate surface area is 132 Å². The molecule has 0 saturated carbocycles. The van der Waals surface area contributed by atoms with Crippen LogP contribution < -0.4 is 4.74 Å². The average molecular weight is 325 g/mol. The lowest BCUT2D eigenvalue weighted by atomic mass is 10.0. The molecular formula is C13H19N5O5. The SMILES string of the molecule is CC1(CCN2CCN(C(=O)O)CC2)Cn2cc([N+](=O)[O-])nc2O1. The molecule has 126 valence electrons. The Balaban J connectivity index is 1.50. The molecule has 1 unspecified atom stereocenters. The molecule has 0 spiro atoms. The van der Waals surface area contributed by atoms with Crippen molar-refractivity contribution in [2.24, 2.45) is 0 Å². The van der Waals surface area contributed by atoms with Crippen molar-refractivity contribution in [1.82, 2.24) is 19.4 Å². The van der Waals surface area contributed by atoms with Crippen LogP contribution in [0.3, 0.4) is 0 Å². The molecule has 3 heterocycles. The number of ether oxygens (including phenoxy) is 1. The van der Waals surface area contributed by atoms with Crippen molar-refractivity contribution in [2.75, 3.05) is 32.7 Å². The lowest BCUT2D eigenvalue weighted by molar-refractivity contribution is -0.389. The van der Waals surface area contributed by atoms with Gasteiger partial charge in [0.2, 0.25) is 0 Å². The Kier molecular flexibility index (Phi) is 3.84. The van der Waals surface area contributed by atoms with Crippen LogP contribution in [0.15, 0.2) is 6.20 Å². The van der Waals surface area contributed by atoms with Gasteiger partial charge in [0.25, 0.3) is 0 Å². The van der Waals surface area contributed by atoms with E-state index in [1.807, 2.05) is 6.92 Å². The van der Waals surface area contributed by atoms with E-state index < -0.39 is 16.6 Å². The number of carboxylic acid groups (broad SMARTS) is 1. The molecule has 2 aliphatic rings. The van der Waals surface area contributed by atoms with Crippen molar-refractivity contribution in [1.29, 1.82) is 0 Å². The molecule has 1 atom stereocenters. The largest absolute Gasteiger partial charge is 0.465 e. The summed E-state index contributed by atoms with van der Waals surface area (Å²) in [6.07, 6.45) is 1.27. The maximum Gasteiger partial charge on any atom is 0.414 e. The molecule has 0 aliphatic carbocycles. The molecule has 1 saturated heterocycles. The lowest BCUT2D eigenvalue weighted by Crippen LogP contribution is -2.49. The van der Waals surface area contributed by atoms with E-state index in [9.17, 15) is 14.9 Å². The standard InChI is InChI=1S/C13H19N5O5/c1-13(2-3-15-4-6-16(7-5-15)12(19)20)9-17-8-10(18(21)22)14-11(17)23-13/h8H,2-7,9H2,1H3,(H,19,20). The lowest BCUT2D eigenvalue weighted by Gasteiger charge is -2.34. The van der Waals surface area contributed by atoms with Crippen LogP contribution in [0.25, 0.3) is 0 Å². The second-order valence-electron chi connectivity index (χ2n) is 6.18. The minimum atomic E-state index is -0.872. The minimum absolute atomic E-state index is 0.202. The number of fused-ring (bicyclic) bond motifs is 1. The molecule has 10 heteroatoms. The van der Waals surface area contributed by atoms with E-state index in [1.165, 1.54) is 11.1 Å². The van der Waals surface area contributed by atoms with Gasteiger partial charge in [0.05, 0.1) is 6.54 Å². The Morgan fingerprint density at radius 3 is 2.74 bits per heavy atom. The van der Waals surface area contributed by atoms with Crippen LogP contribution in [0.1, 0.15) is 13.3 Å². The summed E-state index contributed by atoms with van der Waals surface area (Å²) in [5, 5.41) is 19.6. The third kappa shape index (κ3) is 3.21. The number of amides is 1. The molecule has 23 heavy (non-hydrogen) atoms. The maximum absolute atomic E-state index is 10.9. The second kappa shape index (κ2) is 5.69. The highest BCUT2D eigenvalue weighted by Gasteiger charge is 2.40. The number of carbonyl (C=O) groups is 1. The molecule has 2 aliphatic heterocycles. The summed E-state index contributed by atoms with van der Waals surface area (Å²) >= 11 is 0. The van der Waals surface area contributed by atoms with Crippen molar-refractivity contribution < 1.29 is 19.6 Å². The molecule has 1 fully saturated rings. The van der Waals surface area contributed by atoms with E-state index >= 15 is 0 Å². The highest BCUT2D eigenvalue weighted by atomic mass is 16.6. The van der Waals surface area contributed by atoms with Crippen LogP contribution in [0.4, 0.5) is 10.6 Å². The van der Waals surface area contributed by atoms with Crippen molar-refractivity contribution in [3.8, 4) is 6.01 Å². The predicted octanol–water partition coefficient (Wildman–Crippen LogP) is 0.628. The Hall–Kier alpha value is -2.36. The quantitative estimate of drug-likeness (QED) is 0.638. The molecule has 1 aromatic rings. The van der Waals surface area contributed by atoms with E-state index in [0.717, 1.165) is 13.0 Å². The van der Waals surface area contributed by atoms with Crippen molar-refractivity contribution >= 4 is 11.9 Å². The summed E-state index contributed by atoms with van der Waals surface area (Å²) < 4.78 is 7.46. The van der Waals surface area contributed by atoms with Crippen LogP contribution >= 0.6 is 0 Å². The van der Waals surface area contributed by atoms with Gasteiger partial charge in [0, 0.05) is 44.1 Å². The molecule has 10 nitrogen and oxygen atoms in total. The molecule has 1 N–H and O–H groups in total. The Morgan fingerprint density at radius 1 is 1.48 bits per heavy atom. The smallest absolute Gasteiger partial charge is 0.414 e. The number of imidazole rings is 1. The number of hydrogen-bond acceptors (Lipinski definition) is 6. The number of rotatable bonds is 4. The molecule has 1 amide bonds. The first kappa shape index (κ1) is 15.5. The van der Waals surface area contributed by atoms with Gasteiger partial charge in [-0.25, -0.2) is 4.79 Å². The van der Waals surface area contributed by atoms with Gasteiger partial charge in [-0.05, 0) is 11.8 Å². The minimum Gasteiger partial charge on any atom is -0.465 e. The Morgan fingerprint density at radius 2 is 2.17 bits per heavy atom. The number of aromatic nitrogens is 2. The third-order valence-electron chi connectivity index (χ3n) is 4.36. The topological polar surface area (TPSA) is 114 Å². The molecule has 1 aromatic heterocycles. The number of hydrogen-bond donors (Lipinski definition) is 1. The monoisotopic (exact) mass is 325 g/mol.